The van der Waals surface area contributed by atoms with Crippen LogP contribution in [0.5, 0.6) is 0 Å². The van der Waals surface area contributed by atoms with Gasteiger partial charge in [-0.25, -0.2) is 0 Å². The van der Waals surface area contributed by atoms with Gasteiger partial charge in [0, 0.05) is 6.54 Å². The van der Waals surface area contributed by atoms with Crippen molar-refractivity contribution in [1.82, 2.24) is 10.2 Å². The molecule has 1 N–H and O–H groups in total. The molecule has 0 unspecified atom stereocenters. The van der Waals surface area contributed by atoms with Gasteiger partial charge in [0.2, 0.25) is 5.91 Å². The SMILES string of the molecule is N#CCCN(Cc1ccco1)C(=O)CNCC1CC1. The molecule has 0 radical (unpaired) electrons. The number of carbonyl (C=O) groups is 1. The molecule has 0 aromatic carbocycles. The number of furan rings is 1. The van der Waals surface area contributed by atoms with E-state index in [-0.39, 0.29) is 5.91 Å². The van der Waals surface area contributed by atoms with Crippen molar-refractivity contribution < 1.29 is 9.21 Å². The van der Waals surface area contributed by atoms with Gasteiger partial charge in [-0.2, -0.15) is 5.26 Å². The standard InChI is InChI=1S/C14H19N3O2/c15-6-2-7-17(11-13-3-1-8-19-13)14(18)10-16-9-12-4-5-12/h1,3,8,12,16H,2,4-5,7,9-11H2. The van der Waals surface area contributed by atoms with E-state index < -0.39 is 0 Å². The van der Waals surface area contributed by atoms with E-state index in [1.807, 2.05) is 6.07 Å². The van der Waals surface area contributed by atoms with E-state index in [9.17, 15) is 4.79 Å². The Morgan fingerprint density at radius 2 is 2.42 bits per heavy atom. The zero-order chi connectivity index (χ0) is 13.5. The molecule has 102 valence electrons. The summed E-state index contributed by atoms with van der Waals surface area (Å²) >= 11 is 0. The van der Waals surface area contributed by atoms with E-state index in [1.165, 1.54) is 12.8 Å². The molecule has 5 nitrogen and oxygen atoms in total. The Morgan fingerprint density at radius 1 is 1.58 bits per heavy atom. The third-order valence-corrected chi connectivity index (χ3v) is 3.18. The molecule has 1 fully saturated rings. The van der Waals surface area contributed by atoms with Gasteiger partial charge in [0.05, 0.1) is 31.8 Å². The van der Waals surface area contributed by atoms with Crippen LogP contribution in [0.4, 0.5) is 0 Å². The van der Waals surface area contributed by atoms with Crippen molar-refractivity contribution in [3.05, 3.63) is 24.2 Å². The molecular formula is C14H19N3O2. The second kappa shape index (κ2) is 6.95. The van der Waals surface area contributed by atoms with Crippen LogP contribution in [0.3, 0.4) is 0 Å². The minimum atomic E-state index is 0.0206. The van der Waals surface area contributed by atoms with Gasteiger partial charge in [-0.05, 0) is 37.4 Å². The first-order chi connectivity index (χ1) is 9.29. The average molecular weight is 261 g/mol. The van der Waals surface area contributed by atoms with E-state index >= 15 is 0 Å². The summed E-state index contributed by atoms with van der Waals surface area (Å²) in [6.45, 7) is 2.13. The highest BCUT2D eigenvalue weighted by Gasteiger charge is 2.21. The van der Waals surface area contributed by atoms with Crippen molar-refractivity contribution in [1.29, 1.82) is 5.26 Å². The zero-order valence-corrected chi connectivity index (χ0v) is 11.0. The van der Waals surface area contributed by atoms with Crippen molar-refractivity contribution in [2.24, 2.45) is 5.92 Å². The lowest BCUT2D eigenvalue weighted by Gasteiger charge is -2.20. The molecule has 2 rings (SSSR count). The molecule has 1 heterocycles. The van der Waals surface area contributed by atoms with Gasteiger partial charge in [-0.3, -0.25) is 4.79 Å². The molecule has 1 aromatic rings. The van der Waals surface area contributed by atoms with Crippen LogP contribution in [-0.4, -0.2) is 30.4 Å². The molecule has 0 aliphatic heterocycles. The third-order valence-electron chi connectivity index (χ3n) is 3.18. The monoisotopic (exact) mass is 261 g/mol. The molecule has 0 saturated heterocycles. The van der Waals surface area contributed by atoms with Crippen molar-refractivity contribution in [2.75, 3.05) is 19.6 Å². The Hall–Kier alpha value is -1.80. The summed E-state index contributed by atoms with van der Waals surface area (Å²) in [4.78, 5) is 13.8. The minimum Gasteiger partial charge on any atom is -0.467 e. The first-order valence-electron chi connectivity index (χ1n) is 6.67. The van der Waals surface area contributed by atoms with E-state index in [4.69, 9.17) is 9.68 Å². The number of rotatable bonds is 8. The average Bonchev–Trinajstić information content (AvgIpc) is 3.09. The van der Waals surface area contributed by atoms with Crippen molar-refractivity contribution in [3.8, 4) is 6.07 Å². The summed E-state index contributed by atoms with van der Waals surface area (Å²) in [5.74, 6) is 1.52. The fraction of sp³-hybridized carbons (Fsp3) is 0.571. The van der Waals surface area contributed by atoms with E-state index in [2.05, 4.69) is 11.4 Å². The number of nitriles is 1. The number of carbonyl (C=O) groups excluding carboxylic acids is 1. The van der Waals surface area contributed by atoms with E-state index in [1.54, 1.807) is 17.2 Å². The number of nitrogens with zero attached hydrogens (tertiary/aromatic N) is 2. The predicted octanol–water partition coefficient (Wildman–Crippen LogP) is 1.52. The Balaban J connectivity index is 1.80. The zero-order valence-electron chi connectivity index (χ0n) is 11.0. The van der Waals surface area contributed by atoms with E-state index in [0.29, 0.717) is 26.1 Å². The highest BCUT2D eigenvalue weighted by Crippen LogP contribution is 2.27. The molecule has 19 heavy (non-hydrogen) atoms. The molecule has 5 heteroatoms. The van der Waals surface area contributed by atoms with Crippen LogP contribution in [-0.2, 0) is 11.3 Å². The molecule has 0 spiro atoms. The summed E-state index contributed by atoms with van der Waals surface area (Å²) in [7, 11) is 0. The minimum absolute atomic E-state index is 0.0206. The normalized spacial score (nSPS) is 14.1. The summed E-state index contributed by atoms with van der Waals surface area (Å²) in [5, 5.41) is 11.8. The Labute approximate surface area is 113 Å². The first-order valence-corrected chi connectivity index (χ1v) is 6.67. The van der Waals surface area contributed by atoms with Crippen molar-refractivity contribution in [2.45, 2.75) is 25.8 Å². The van der Waals surface area contributed by atoms with Crippen LogP contribution in [0, 0.1) is 17.2 Å². The third kappa shape index (κ3) is 4.76. The molecule has 1 aromatic heterocycles. The van der Waals surface area contributed by atoms with Gasteiger partial charge in [0.15, 0.2) is 0 Å². The second-order valence-corrected chi connectivity index (χ2v) is 4.88. The van der Waals surface area contributed by atoms with Crippen LogP contribution in [0.25, 0.3) is 0 Å². The van der Waals surface area contributed by atoms with Crippen LogP contribution < -0.4 is 5.32 Å². The maximum Gasteiger partial charge on any atom is 0.236 e. The topological polar surface area (TPSA) is 69.3 Å². The molecule has 1 saturated carbocycles. The van der Waals surface area contributed by atoms with Gasteiger partial charge < -0.3 is 14.6 Å². The largest absolute Gasteiger partial charge is 0.467 e. The maximum absolute atomic E-state index is 12.1. The molecule has 0 bridgehead atoms. The number of amides is 1. The molecule has 0 atom stereocenters. The first kappa shape index (κ1) is 13.6. The predicted molar refractivity (Wildman–Crippen MR) is 69.9 cm³/mol. The summed E-state index contributed by atoms with van der Waals surface area (Å²) in [6, 6.07) is 5.71. The smallest absolute Gasteiger partial charge is 0.236 e. The quantitative estimate of drug-likeness (QED) is 0.770. The van der Waals surface area contributed by atoms with Crippen LogP contribution >= 0.6 is 0 Å². The number of nitrogens with one attached hydrogen (secondary N) is 1. The van der Waals surface area contributed by atoms with Crippen LogP contribution in [0.2, 0.25) is 0 Å². The van der Waals surface area contributed by atoms with Gasteiger partial charge in [0.25, 0.3) is 0 Å². The molecular weight excluding hydrogens is 242 g/mol. The van der Waals surface area contributed by atoms with Gasteiger partial charge in [-0.1, -0.05) is 0 Å². The highest BCUT2D eigenvalue weighted by molar-refractivity contribution is 5.78. The summed E-state index contributed by atoms with van der Waals surface area (Å²) in [6.07, 6.45) is 4.47. The Morgan fingerprint density at radius 3 is 3.05 bits per heavy atom. The van der Waals surface area contributed by atoms with Gasteiger partial charge in [-0.15, -0.1) is 0 Å². The van der Waals surface area contributed by atoms with E-state index in [0.717, 1.165) is 18.2 Å². The van der Waals surface area contributed by atoms with Crippen LogP contribution in [0.1, 0.15) is 25.0 Å². The fourth-order valence-corrected chi connectivity index (χ4v) is 1.88. The summed E-state index contributed by atoms with van der Waals surface area (Å²) < 4.78 is 5.25. The highest BCUT2D eigenvalue weighted by atomic mass is 16.3. The fourth-order valence-electron chi connectivity index (χ4n) is 1.88. The molecule has 1 amide bonds. The summed E-state index contributed by atoms with van der Waals surface area (Å²) in [5.41, 5.74) is 0. The van der Waals surface area contributed by atoms with Gasteiger partial charge >= 0.3 is 0 Å². The van der Waals surface area contributed by atoms with Crippen molar-refractivity contribution >= 4 is 5.91 Å². The Bertz CT molecular complexity index is 432. The molecule has 1 aliphatic carbocycles. The number of hydrogen-bond donors (Lipinski definition) is 1. The Kier molecular flexibility index (Phi) is 4.99. The lowest BCUT2D eigenvalue weighted by molar-refractivity contribution is -0.131. The second-order valence-electron chi connectivity index (χ2n) is 4.88. The van der Waals surface area contributed by atoms with Crippen molar-refractivity contribution in [3.63, 3.8) is 0 Å². The molecule has 1 aliphatic rings. The number of hydrogen-bond acceptors (Lipinski definition) is 4. The van der Waals surface area contributed by atoms with Gasteiger partial charge in [0.1, 0.15) is 5.76 Å². The lowest BCUT2D eigenvalue weighted by Crippen LogP contribution is -2.38. The van der Waals surface area contributed by atoms with Crippen LogP contribution in [0.15, 0.2) is 22.8 Å². The lowest BCUT2D eigenvalue weighted by atomic mass is 10.3. The maximum atomic E-state index is 12.1.